The number of benzene rings is 2. The van der Waals surface area contributed by atoms with Gasteiger partial charge >= 0.3 is 0 Å². The number of rotatable bonds is 2. The van der Waals surface area contributed by atoms with Crippen LogP contribution in [0.3, 0.4) is 0 Å². The Labute approximate surface area is 113 Å². The Kier molecular flexibility index (Phi) is 2.86. The summed E-state index contributed by atoms with van der Waals surface area (Å²) in [7, 11) is 0. The van der Waals surface area contributed by atoms with Crippen molar-refractivity contribution >= 4 is 11.6 Å². The molecule has 96 valence electrons. The molecule has 1 amide bonds. The summed E-state index contributed by atoms with van der Waals surface area (Å²) in [6.07, 6.45) is 0.773. The molecule has 2 nitrogen and oxygen atoms in total. The standard InChI is InChI=1S/C17H17NO/c1-11-7-8-16-14(9-11)15(17(19)18-16)10-13-6-4-3-5-12(13)2/h3-9,15H,10H2,1-2H3,(H,18,19). The van der Waals surface area contributed by atoms with E-state index in [4.69, 9.17) is 0 Å². The summed E-state index contributed by atoms with van der Waals surface area (Å²) in [4.78, 5) is 12.1. The number of hydrogen-bond donors (Lipinski definition) is 1. The van der Waals surface area contributed by atoms with Gasteiger partial charge in [0, 0.05) is 5.69 Å². The molecule has 1 unspecified atom stereocenters. The van der Waals surface area contributed by atoms with Gasteiger partial charge < -0.3 is 5.32 Å². The Morgan fingerprint density at radius 3 is 2.68 bits per heavy atom. The van der Waals surface area contributed by atoms with E-state index in [1.807, 2.05) is 24.3 Å². The third kappa shape index (κ3) is 2.14. The van der Waals surface area contributed by atoms with Crippen LogP contribution in [0.15, 0.2) is 42.5 Å². The maximum absolute atomic E-state index is 12.1. The van der Waals surface area contributed by atoms with Crippen molar-refractivity contribution in [2.24, 2.45) is 0 Å². The zero-order valence-corrected chi connectivity index (χ0v) is 11.2. The normalized spacial score (nSPS) is 17.2. The van der Waals surface area contributed by atoms with Gasteiger partial charge in [-0.2, -0.15) is 0 Å². The molecule has 19 heavy (non-hydrogen) atoms. The minimum Gasteiger partial charge on any atom is -0.325 e. The fraction of sp³-hybridized carbons (Fsp3) is 0.235. The molecule has 0 radical (unpaired) electrons. The lowest BCUT2D eigenvalue weighted by molar-refractivity contribution is -0.117. The van der Waals surface area contributed by atoms with E-state index in [2.05, 4.69) is 37.4 Å². The maximum atomic E-state index is 12.1. The first-order valence-corrected chi connectivity index (χ1v) is 6.61. The predicted molar refractivity (Wildman–Crippen MR) is 77.4 cm³/mol. The van der Waals surface area contributed by atoms with Gasteiger partial charge in [0.25, 0.3) is 0 Å². The van der Waals surface area contributed by atoms with Crippen molar-refractivity contribution in [3.05, 3.63) is 64.7 Å². The van der Waals surface area contributed by atoms with Crippen LogP contribution in [0.5, 0.6) is 0 Å². The van der Waals surface area contributed by atoms with Crippen molar-refractivity contribution in [1.82, 2.24) is 0 Å². The molecular weight excluding hydrogens is 234 g/mol. The van der Waals surface area contributed by atoms with Crippen LogP contribution in [0.4, 0.5) is 5.69 Å². The highest BCUT2D eigenvalue weighted by atomic mass is 16.2. The molecule has 0 saturated carbocycles. The number of aryl methyl sites for hydroxylation is 2. The van der Waals surface area contributed by atoms with Gasteiger partial charge in [0.2, 0.25) is 5.91 Å². The molecule has 2 aromatic rings. The first kappa shape index (κ1) is 12.0. The lowest BCUT2D eigenvalue weighted by Crippen LogP contribution is -2.14. The Morgan fingerprint density at radius 2 is 1.89 bits per heavy atom. The van der Waals surface area contributed by atoms with Crippen LogP contribution in [-0.4, -0.2) is 5.91 Å². The second kappa shape index (κ2) is 4.54. The zero-order valence-electron chi connectivity index (χ0n) is 11.2. The van der Waals surface area contributed by atoms with Gasteiger partial charge in [-0.1, -0.05) is 42.0 Å². The van der Waals surface area contributed by atoms with Gasteiger partial charge in [0.15, 0.2) is 0 Å². The van der Waals surface area contributed by atoms with Gasteiger partial charge in [-0.3, -0.25) is 4.79 Å². The Hall–Kier alpha value is -2.09. The van der Waals surface area contributed by atoms with Crippen molar-refractivity contribution < 1.29 is 4.79 Å². The van der Waals surface area contributed by atoms with Crippen LogP contribution >= 0.6 is 0 Å². The van der Waals surface area contributed by atoms with Crippen LogP contribution in [0.2, 0.25) is 0 Å². The minimum atomic E-state index is -0.0593. The third-order valence-corrected chi connectivity index (χ3v) is 3.84. The van der Waals surface area contributed by atoms with Crippen molar-refractivity contribution in [2.45, 2.75) is 26.2 Å². The van der Waals surface area contributed by atoms with Crippen LogP contribution in [0.1, 0.15) is 28.2 Å². The molecule has 0 spiro atoms. The van der Waals surface area contributed by atoms with Crippen LogP contribution in [0.25, 0.3) is 0 Å². The lowest BCUT2D eigenvalue weighted by Gasteiger charge is -2.11. The van der Waals surface area contributed by atoms with Gasteiger partial charge in [-0.05, 0) is 43.0 Å². The number of carbonyl (C=O) groups excluding carboxylic acids is 1. The molecule has 0 saturated heterocycles. The summed E-state index contributed by atoms with van der Waals surface area (Å²) in [6.45, 7) is 4.16. The van der Waals surface area contributed by atoms with E-state index < -0.39 is 0 Å². The molecule has 2 heteroatoms. The van der Waals surface area contributed by atoms with Gasteiger partial charge in [-0.25, -0.2) is 0 Å². The fourth-order valence-electron chi connectivity index (χ4n) is 2.71. The smallest absolute Gasteiger partial charge is 0.232 e. The van der Waals surface area contributed by atoms with E-state index in [-0.39, 0.29) is 11.8 Å². The summed E-state index contributed by atoms with van der Waals surface area (Å²) in [5.41, 5.74) is 5.79. The molecule has 0 aromatic heterocycles. The molecule has 1 aliphatic rings. The fourth-order valence-corrected chi connectivity index (χ4v) is 2.71. The van der Waals surface area contributed by atoms with Crippen LogP contribution < -0.4 is 5.32 Å². The predicted octanol–water partition coefficient (Wildman–Crippen LogP) is 3.58. The summed E-state index contributed by atoms with van der Waals surface area (Å²) >= 11 is 0. The molecule has 3 rings (SSSR count). The maximum Gasteiger partial charge on any atom is 0.232 e. The first-order chi connectivity index (χ1) is 9.15. The van der Waals surface area contributed by atoms with E-state index >= 15 is 0 Å². The number of hydrogen-bond acceptors (Lipinski definition) is 1. The average molecular weight is 251 g/mol. The molecule has 1 aliphatic heterocycles. The van der Waals surface area contributed by atoms with E-state index in [1.165, 1.54) is 16.7 Å². The minimum absolute atomic E-state index is 0.0593. The SMILES string of the molecule is Cc1ccc2c(c1)C(Cc1ccccc1C)C(=O)N2. The quantitative estimate of drug-likeness (QED) is 0.868. The lowest BCUT2D eigenvalue weighted by atomic mass is 9.90. The number of carbonyl (C=O) groups is 1. The van der Waals surface area contributed by atoms with E-state index in [9.17, 15) is 4.79 Å². The zero-order chi connectivity index (χ0) is 13.4. The van der Waals surface area contributed by atoms with Crippen molar-refractivity contribution in [1.29, 1.82) is 0 Å². The molecule has 1 atom stereocenters. The van der Waals surface area contributed by atoms with E-state index in [1.54, 1.807) is 0 Å². The average Bonchev–Trinajstić information content (AvgIpc) is 2.69. The molecule has 0 bridgehead atoms. The monoisotopic (exact) mass is 251 g/mol. The van der Waals surface area contributed by atoms with Crippen LogP contribution in [0, 0.1) is 13.8 Å². The summed E-state index contributed by atoms with van der Waals surface area (Å²) in [6, 6.07) is 14.4. The highest BCUT2D eigenvalue weighted by Crippen LogP contribution is 2.35. The molecular formula is C17H17NO. The Balaban J connectivity index is 1.97. The summed E-state index contributed by atoms with van der Waals surface area (Å²) in [5, 5.41) is 2.98. The molecule has 0 fully saturated rings. The summed E-state index contributed by atoms with van der Waals surface area (Å²) < 4.78 is 0. The molecule has 2 aromatic carbocycles. The van der Waals surface area contributed by atoms with Gasteiger partial charge in [0.05, 0.1) is 5.92 Å². The second-order valence-corrected chi connectivity index (χ2v) is 5.26. The second-order valence-electron chi connectivity index (χ2n) is 5.26. The van der Waals surface area contributed by atoms with E-state index in [0.717, 1.165) is 17.7 Å². The molecule has 1 N–H and O–H groups in total. The van der Waals surface area contributed by atoms with Gasteiger partial charge in [0.1, 0.15) is 0 Å². The molecule has 1 heterocycles. The highest BCUT2D eigenvalue weighted by Gasteiger charge is 2.30. The number of amides is 1. The topological polar surface area (TPSA) is 29.1 Å². The van der Waals surface area contributed by atoms with Crippen molar-refractivity contribution in [3.63, 3.8) is 0 Å². The van der Waals surface area contributed by atoms with Crippen molar-refractivity contribution in [2.75, 3.05) is 5.32 Å². The first-order valence-electron chi connectivity index (χ1n) is 6.61. The number of anilines is 1. The Bertz CT molecular complexity index is 645. The van der Waals surface area contributed by atoms with Crippen molar-refractivity contribution in [3.8, 4) is 0 Å². The van der Waals surface area contributed by atoms with E-state index in [0.29, 0.717) is 0 Å². The number of fused-ring (bicyclic) bond motifs is 1. The summed E-state index contributed by atoms with van der Waals surface area (Å²) in [5.74, 6) is 0.0554. The molecule has 0 aliphatic carbocycles. The largest absolute Gasteiger partial charge is 0.325 e. The number of nitrogens with one attached hydrogen (secondary N) is 1. The highest BCUT2D eigenvalue weighted by molar-refractivity contribution is 6.03. The van der Waals surface area contributed by atoms with Gasteiger partial charge in [-0.15, -0.1) is 0 Å². The third-order valence-electron chi connectivity index (χ3n) is 3.84. The Morgan fingerprint density at radius 1 is 1.11 bits per heavy atom. The van der Waals surface area contributed by atoms with Crippen LogP contribution in [-0.2, 0) is 11.2 Å².